The standard InChI is InChI=1S/C21H22N2O4S/c1-13-5-4-6-14(2)20(13)23-21(27)15(3)28-17-9-7-16(8-10-17)22-18(24)11-12-19(25)26/h4-12,15H,1-3H3,(H,22,24)(H,23,27)(H,25,26)/b12-11+. The molecule has 0 aliphatic heterocycles. The maximum Gasteiger partial charge on any atom is 0.328 e. The average Bonchev–Trinajstić information content (AvgIpc) is 2.64. The van der Waals surface area contributed by atoms with Gasteiger partial charge in [0.2, 0.25) is 11.8 Å². The van der Waals surface area contributed by atoms with E-state index in [1.807, 2.05) is 39.0 Å². The SMILES string of the molecule is Cc1cccc(C)c1NC(=O)C(C)Sc1ccc(NC(=O)/C=C/C(=O)O)cc1. The molecule has 0 aromatic heterocycles. The zero-order valence-electron chi connectivity index (χ0n) is 15.9. The first kappa shape index (κ1) is 21.2. The Balaban J connectivity index is 1.95. The molecular formula is C21H22N2O4S. The van der Waals surface area contributed by atoms with Crippen molar-refractivity contribution in [3.05, 3.63) is 65.7 Å². The Morgan fingerprint density at radius 1 is 0.964 bits per heavy atom. The number of carboxylic acid groups (broad SMARTS) is 1. The molecule has 0 saturated carbocycles. The van der Waals surface area contributed by atoms with E-state index in [0.29, 0.717) is 5.69 Å². The zero-order valence-corrected chi connectivity index (χ0v) is 16.7. The van der Waals surface area contributed by atoms with E-state index >= 15 is 0 Å². The van der Waals surface area contributed by atoms with E-state index in [4.69, 9.17) is 5.11 Å². The predicted molar refractivity (Wildman–Crippen MR) is 112 cm³/mol. The van der Waals surface area contributed by atoms with Gasteiger partial charge in [0.15, 0.2) is 0 Å². The summed E-state index contributed by atoms with van der Waals surface area (Å²) in [6, 6.07) is 12.9. The van der Waals surface area contributed by atoms with E-state index in [1.165, 1.54) is 11.8 Å². The first-order valence-corrected chi connectivity index (χ1v) is 9.50. The van der Waals surface area contributed by atoms with Crippen molar-refractivity contribution >= 4 is 40.9 Å². The van der Waals surface area contributed by atoms with E-state index in [-0.39, 0.29) is 11.2 Å². The molecule has 0 spiro atoms. The number of anilines is 2. The van der Waals surface area contributed by atoms with E-state index in [1.54, 1.807) is 24.3 Å². The summed E-state index contributed by atoms with van der Waals surface area (Å²) in [6.07, 6.45) is 1.72. The first-order valence-electron chi connectivity index (χ1n) is 8.62. The number of hydrogen-bond donors (Lipinski definition) is 3. The lowest BCUT2D eigenvalue weighted by molar-refractivity contribution is -0.131. The van der Waals surface area contributed by atoms with Gasteiger partial charge in [-0.15, -0.1) is 11.8 Å². The van der Waals surface area contributed by atoms with Gasteiger partial charge in [-0.3, -0.25) is 9.59 Å². The number of amides is 2. The predicted octanol–water partition coefficient (Wildman–Crippen LogP) is 4.00. The molecule has 1 unspecified atom stereocenters. The molecule has 0 radical (unpaired) electrons. The highest BCUT2D eigenvalue weighted by atomic mass is 32.2. The second-order valence-corrected chi connectivity index (χ2v) is 7.62. The molecule has 146 valence electrons. The fourth-order valence-electron chi connectivity index (χ4n) is 2.44. The molecule has 0 bridgehead atoms. The van der Waals surface area contributed by atoms with Crippen LogP contribution in [0.3, 0.4) is 0 Å². The number of thioether (sulfide) groups is 1. The minimum atomic E-state index is -1.19. The monoisotopic (exact) mass is 398 g/mol. The van der Waals surface area contributed by atoms with Gasteiger partial charge in [-0.1, -0.05) is 18.2 Å². The van der Waals surface area contributed by atoms with Crippen molar-refractivity contribution in [3.63, 3.8) is 0 Å². The van der Waals surface area contributed by atoms with E-state index in [9.17, 15) is 14.4 Å². The van der Waals surface area contributed by atoms with Crippen LogP contribution in [0.15, 0.2) is 59.5 Å². The fourth-order valence-corrected chi connectivity index (χ4v) is 3.31. The van der Waals surface area contributed by atoms with Gasteiger partial charge in [-0.25, -0.2) is 4.79 Å². The maximum absolute atomic E-state index is 12.5. The number of para-hydroxylation sites is 1. The van der Waals surface area contributed by atoms with Crippen molar-refractivity contribution in [3.8, 4) is 0 Å². The number of aryl methyl sites for hydroxylation is 2. The van der Waals surface area contributed by atoms with Crippen LogP contribution in [0.25, 0.3) is 0 Å². The average molecular weight is 398 g/mol. The van der Waals surface area contributed by atoms with Gasteiger partial charge >= 0.3 is 5.97 Å². The number of carboxylic acids is 1. The van der Waals surface area contributed by atoms with Crippen molar-refractivity contribution in [2.75, 3.05) is 10.6 Å². The van der Waals surface area contributed by atoms with Gasteiger partial charge in [-0.2, -0.15) is 0 Å². The lowest BCUT2D eigenvalue weighted by Gasteiger charge is -2.15. The summed E-state index contributed by atoms with van der Waals surface area (Å²) in [5.41, 5.74) is 3.41. The summed E-state index contributed by atoms with van der Waals surface area (Å²) in [4.78, 5) is 35.4. The first-order chi connectivity index (χ1) is 13.3. The Bertz CT molecular complexity index is 887. The highest BCUT2D eigenvalue weighted by Crippen LogP contribution is 2.27. The van der Waals surface area contributed by atoms with Crippen molar-refractivity contribution in [1.82, 2.24) is 0 Å². The van der Waals surface area contributed by atoms with E-state index in [2.05, 4.69) is 10.6 Å². The zero-order chi connectivity index (χ0) is 20.7. The summed E-state index contributed by atoms with van der Waals surface area (Å²) >= 11 is 1.41. The van der Waals surface area contributed by atoms with Gasteiger partial charge in [-0.05, 0) is 56.2 Å². The van der Waals surface area contributed by atoms with Crippen LogP contribution in [0.1, 0.15) is 18.1 Å². The molecule has 0 aliphatic rings. The molecule has 2 aromatic carbocycles. The maximum atomic E-state index is 12.5. The summed E-state index contributed by atoms with van der Waals surface area (Å²) in [5, 5.41) is 13.8. The van der Waals surface area contributed by atoms with Crippen LogP contribution in [0.5, 0.6) is 0 Å². The molecule has 7 heteroatoms. The minimum Gasteiger partial charge on any atom is -0.478 e. The lowest BCUT2D eigenvalue weighted by atomic mass is 10.1. The van der Waals surface area contributed by atoms with Crippen molar-refractivity contribution in [2.24, 2.45) is 0 Å². The van der Waals surface area contributed by atoms with Crippen LogP contribution in [-0.4, -0.2) is 28.1 Å². The van der Waals surface area contributed by atoms with Crippen molar-refractivity contribution < 1.29 is 19.5 Å². The Hall–Kier alpha value is -3.06. The lowest BCUT2D eigenvalue weighted by Crippen LogP contribution is -2.23. The number of benzene rings is 2. The summed E-state index contributed by atoms with van der Waals surface area (Å²) in [6.45, 7) is 5.75. The van der Waals surface area contributed by atoms with E-state index < -0.39 is 11.9 Å². The largest absolute Gasteiger partial charge is 0.478 e. The topological polar surface area (TPSA) is 95.5 Å². The van der Waals surface area contributed by atoms with Crippen LogP contribution >= 0.6 is 11.8 Å². The van der Waals surface area contributed by atoms with Gasteiger partial charge in [0.1, 0.15) is 0 Å². The number of carbonyl (C=O) groups excluding carboxylic acids is 2. The molecule has 2 amide bonds. The smallest absolute Gasteiger partial charge is 0.328 e. The van der Waals surface area contributed by atoms with Gasteiger partial charge in [0.25, 0.3) is 0 Å². The van der Waals surface area contributed by atoms with Crippen LogP contribution in [-0.2, 0) is 14.4 Å². The number of aliphatic carboxylic acids is 1. The van der Waals surface area contributed by atoms with Crippen LogP contribution in [0, 0.1) is 13.8 Å². The Morgan fingerprint density at radius 2 is 1.57 bits per heavy atom. The molecular weight excluding hydrogens is 376 g/mol. The number of carbonyl (C=O) groups is 3. The Morgan fingerprint density at radius 3 is 2.14 bits per heavy atom. The normalized spacial score (nSPS) is 11.8. The summed E-state index contributed by atoms with van der Waals surface area (Å²) in [5.74, 6) is -1.79. The molecule has 0 saturated heterocycles. The van der Waals surface area contributed by atoms with Crippen molar-refractivity contribution in [1.29, 1.82) is 0 Å². The highest BCUT2D eigenvalue weighted by molar-refractivity contribution is 8.00. The van der Waals surface area contributed by atoms with Crippen LogP contribution in [0.2, 0.25) is 0 Å². The third-order valence-corrected chi connectivity index (χ3v) is 5.02. The highest BCUT2D eigenvalue weighted by Gasteiger charge is 2.16. The molecule has 0 heterocycles. The summed E-state index contributed by atoms with van der Waals surface area (Å²) < 4.78 is 0. The minimum absolute atomic E-state index is 0.0846. The van der Waals surface area contributed by atoms with E-state index in [0.717, 1.165) is 33.9 Å². The van der Waals surface area contributed by atoms with Crippen molar-refractivity contribution in [2.45, 2.75) is 30.9 Å². The molecule has 28 heavy (non-hydrogen) atoms. The van der Waals surface area contributed by atoms with Gasteiger partial charge in [0.05, 0.1) is 5.25 Å². The quantitative estimate of drug-likeness (QED) is 0.484. The van der Waals surface area contributed by atoms with Crippen LogP contribution < -0.4 is 10.6 Å². The van der Waals surface area contributed by atoms with Crippen LogP contribution in [0.4, 0.5) is 11.4 Å². The molecule has 6 nitrogen and oxygen atoms in total. The number of hydrogen-bond acceptors (Lipinski definition) is 4. The fraction of sp³-hybridized carbons (Fsp3) is 0.190. The summed E-state index contributed by atoms with van der Waals surface area (Å²) in [7, 11) is 0. The van der Waals surface area contributed by atoms with Gasteiger partial charge < -0.3 is 15.7 Å². The second-order valence-electron chi connectivity index (χ2n) is 6.20. The molecule has 1 atom stereocenters. The molecule has 0 aliphatic carbocycles. The van der Waals surface area contributed by atoms with Gasteiger partial charge in [0, 0.05) is 28.4 Å². The Kier molecular flexibility index (Phi) is 7.40. The number of nitrogens with one attached hydrogen (secondary N) is 2. The molecule has 2 aromatic rings. The third kappa shape index (κ3) is 6.28. The number of rotatable bonds is 7. The Labute approximate surface area is 168 Å². The molecule has 3 N–H and O–H groups in total. The second kappa shape index (κ2) is 9.75. The molecule has 0 fully saturated rings. The molecule has 2 rings (SSSR count). The third-order valence-electron chi connectivity index (χ3n) is 3.91.